The number of aromatic nitrogens is 3. The first-order valence-electron chi connectivity index (χ1n) is 6.32. The molecule has 0 saturated carbocycles. The highest BCUT2D eigenvalue weighted by Crippen LogP contribution is 2.24. The fourth-order valence-corrected chi connectivity index (χ4v) is 2.30. The molecule has 0 amide bonds. The number of anilines is 1. The summed E-state index contributed by atoms with van der Waals surface area (Å²) in [5, 5.41) is 8.93. The average Bonchev–Trinajstić information content (AvgIpc) is 2.93. The van der Waals surface area contributed by atoms with Crippen LogP contribution in [-0.4, -0.2) is 33.0 Å². The molecular weight excluding hydrogens is 258 g/mol. The number of hydrogen-bond acceptors (Lipinski definition) is 6. The van der Waals surface area contributed by atoms with Crippen molar-refractivity contribution in [1.29, 1.82) is 5.26 Å². The summed E-state index contributed by atoms with van der Waals surface area (Å²) >= 11 is 0. The number of ether oxygens (including phenoxy) is 2. The largest absolute Gasteiger partial charge is 0.383 e. The van der Waals surface area contributed by atoms with Crippen molar-refractivity contribution in [1.82, 2.24) is 14.5 Å². The lowest BCUT2D eigenvalue weighted by Crippen LogP contribution is -2.24. The second kappa shape index (κ2) is 4.44. The van der Waals surface area contributed by atoms with Crippen molar-refractivity contribution in [2.75, 3.05) is 12.3 Å². The number of nitriles is 1. The molecule has 0 unspecified atom stereocenters. The average molecular weight is 273 g/mol. The highest BCUT2D eigenvalue weighted by Gasteiger charge is 2.33. The topological polar surface area (TPSA) is 99.0 Å². The van der Waals surface area contributed by atoms with Gasteiger partial charge in [-0.05, 0) is 19.9 Å². The maximum atomic E-state index is 8.93. The van der Waals surface area contributed by atoms with Crippen LogP contribution in [0.15, 0.2) is 12.4 Å². The molecule has 1 saturated heterocycles. The number of hydrogen-bond donors (Lipinski definition) is 1. The molecule has 2 N–H and O–H groups in total. The summed E-state index contributed by atoms with van der Waals surface area (Å²) in [7, 11) is 0. The zero-order valence-corrected chi connectivity index (χ0v) is 11.3. The Balaban J connectivity index is 1.90. The molecule has 0 bridgehead atoms. The van der Waals surface area contributed by atoms with Crippen molar-refractivity contribution in [3.63, 3.8) is 0 Å². The van der Waals surface area contributed by atoms with E-state index in [1.807, 2.05) is 24.5 Å². The van der Waals surface area contributed by atoms with Crippen molar-refractivity contribution in [3.8, 4) is 6.07 Å². The standard InChI is InChI=1S/C13H15N5O2/c1-13(2)19-6-9(20-13)5-18-7-16-10-3-8(4-14)11(15)17-12(10)18/h3,7,9H,5-6H2,1-2H3,(H2,15,17)/t9-/m0/s1. The van der Waals surface area contributed by atoms with Crippen LogP contribution < -0.4 is 5.73 Å². The van der Waals surface area contributed by atoms with Crippen LogP contribution >= 0.6 is 0 Å². The zero-order chi connectivity index (χ0) is 14.3. The van der Waals surface area contributed by atoms with E-state index in [-0.39, 0.29) is 11.9 Å². The number of pyridine rings is 1. The number of nitrogens with two attached hydrogens (primary N) is 1. The molecule has 20 heavy (non-hydrogen) atoms. The van der Waals surface area contributed by atoms with Gasteiger partial charge in [-0.1, -0.05) is 0 Å². The Labute approximate surface area is 115 Å². The molecule has 0 spiro atoms. The number of imidazole rings is 1. The molecule has 1 fully saturated rings. The van der Waals surface area contributed by atoms with Gasteiger partial charge in [0.1, 0.15) is 23.5 Å². The van der Waals surface area contributed by atoms with Gasteiger partial charge in [-0.15, -0.1) is 0 Å². The Morgan fingerprint density at radius 3 is 3.05 bits per heavy atom. The van der Waals surface area contributed by atoms with Gasteiger partial charge in [-0.25, -0.2) is 9.97 Å². The van der Waals surface area contributed by atoms with Gasteiger partial charge in [0.25, 0.3) is 0 Å². The minimum atomic E-state index is -0.554. The second-order valence-corrected chi connectivity index (χ2v) is 5.22. The molecule has 0 aliphatic carbocycles. The molecule has 7 nitrogen and oxygen atoms in total. The third kappa shape index (κ3) is 2.19. The Hall–Kier alpha value is -2.17. The van der Waals surface area contributed by atoms with Gasteiger partial charge in [0, 0.05) is 0 Å². The zero-order valence-electron chi connectivity index (χ0n) is 11.3. The summed E-state index contributed by atoms with van der Waals surface area (Å²) in [6.07, 6.45) is 1.62. The Morgan fingerprint density at radius 2 is 2.40 bits per heavy atom. The molecule has 7 heteroatoms. The summed E-state index contributed by atoms with van der Waals surface area (Å²) in [5.74, 6) is -0.340. The summed E-state index contributed by atoms with van der Waals surface area (Å²) in [6, 6.07) is 3.64. The molecule has 104 valence electrons. The van der Waals surface area contributed by atoms with Gasteiger partial charge in [0.15, 0.2) is 11.4 Å². The predicted molar refractivity (Wildman–Crippen MR) is 71.6 cm³/mol. The Morgan fingerprint density at radius 1 is 1.60 bits per heavy atom. The van der Waals surface area contributed by atoms with Gasteiger partial charge in [0.05, 0.1) is 25.0 Å². The van der Waals surface area contributed by atoms with Crippen LogP contribution in [0.25, 0.3) is 11.2 Å². The lowest BCUT2D eigenvalue weighted by molar-refractivity contribution is -0.139. The van der Waals surface area contributed by atoms with E-state index >= 15 is 0 Å². The fraction of sp³-hybridized carbons (Fsp3) is 0.462. The van der Waals surface area contributed by atoms with E-state index < -0.39 is 5.79 Å². The van der Waals surface area contributed by atoms with Crippen molar-refractivity contribution in [3.05, 3.63) is 18.0 Å². The lowest BCUT2D eigenvalue weighted by atomic mass is 10.2. The van der Waals surface area contributed by atoms with E-state index in [1.165, 1.54) is 0 Å². The van der Waals surface area contributed by atoms with Crippen LogP contribution in [0.5, 0.6) is 0 Å². The van der Waals surface area contributed by atoms with Gasteiger partial charge in [0.2, 0.25) is 0 Å². The molecule has 1 aliphatic heterocycles. The van der Waals surface area contributed by atoms with Crippen LogP contribution in [0.2, 0.25) is 0 Å². The van der Waals surface area contributed by atoms with E-state index in [0.717, 1.165) is 0 Å². The fourth-order valence-electron chi connectivity index (χ4n) is 2.30. The van der Waals surface area contributed by atoms with Crippen molar-refractivity contribution in [2.24, 2.45) is 0 Å². The number of nitrogen functional groups attached to an aromatic ring is 1. The molecule has 3 rings (SSSR count). The van der Waals surface area contributed by atoms with E-state index in [2.05, 4.69) is 9.97 Å². The number of nitrogens with zero attached hydrogens (tertiary/aromatic N) is 4. The minimum Gasteiger partial charge on any atom is -0.383 e. The van der Waals surface area contributed by atoms with E-state index in [9.17, 15) is 0 Å². The summed E-state index contributed by atoms with van der Waals surface area (Å²) in [6.45, 7) is 4.87. The molecule has 0 radical (unpaired) electrons. The van der Waals surface area contributed by atoms with Gasteiger partial charge >= 0.3 is 0 Å². The van der Waals surface area contributed by atoms with Gasteiger partial charge in [-0.2, -0.15) is 5.26 Å². The monoisotopic (exact) mass is 273 g/mol. The maximum Gasteiger partial charge on any atom is 0.163 e. The van der Waals surface area contributed by atoms with E-state index in [0.29, 0.717) is 29.9 Å². The molecule has 2 aromatic rings. The van der Waals surface area contributed by atoms with Crippen LogP contribution in [0.1, 0.15) is 19.4 Å². The Kier molecular flexibility index (Phi) is 2.85. The van der Waals surface area contributed by atoms with Gasteiger partial charge < -0.3 is 19.8 Å². The highest BCUT2D eigenvalue weighted by atomic mass is 16.7. The smallest absolute Gasteiger partial charge is 0.163 e. The molecule has 3 heterocycles. The number of fused-ring (bicyclic) bond motifs is 1. The summed E-state index contributed by atoms with van der Waals surface area (Å²) in [5.41, 5.74) is 7.38. The number of rotatable bonds is 2. The molecule has 1 aliphatic rings. The third-order valence-electron chi connectivity index (χ3n) is 3.21. The normalized spacial score (nSPS) is 21.1. The highest BCUT2D eigenvalue weighted by molar-refractivity contribution is 5.76. The molecule has 1 atom stereocenters. The molecule has 2 aromatic heterocycles. The van der Waals surface area contributed by atoms with Gasteiger partial charge in [-0.3, -0.25) is 0 Å². The van der Waals surface area contributed by atoms with E-state index in [1.54, 1.807) is 12.4 Å². The van der Waals surface area contributed by atoms with Crippen LogP contribution in [0, 0.1) is 11.3 Å². The maximum absolute atomic E-state index is 8.93. The van der Waals surface area contributed by atoms with Crippen molar-refractivity contribution < 1.29 is 9.47 Å². The minimum absolute atomic E-state index is 0.0546. The third-order valence-corrected chi connectivity index (χ3v) is 3.21. The van der Waals surface area contributed by atoms with Crippen LogP contribution in [0.4, 0.5) is 5.82 Å². The lowest BCUT2D eigenvalue weighted by Gasteiger charge is -2.17. The second-order valence-electron chi connectivity index (χ2n) is 5.22. The van der Waals surface area contributed by atoms with Crippen LogP contribution in [0.3, 0.4) is 0 Å². The summed E-state index contributed by atoms with van der Waals surface area (Å²) < 4.78 is 13.2. The quantitative estimate of drug-likeness (QED) is 0.877. The van der Waals surface area contributed by atoms with Crippen molar-refractivity contribution >= 4 is 17.0 Å². The van der Waals surface area contributed by atoms with Crippen molar-refractivity contribution in [2.45, 2.75) is 32.3 Å². The molecule has 0 aromatic carbocycles. The van der Waals surface area contributed by atoms with E-state index in [4.69, 9.17) is 20.5 Å². The first-order valence-corrected chi connectivity index (χ1v) is 6.32. The summed E-state index contributed by atoms with van der Waals surface area (Å²) in [4.78, 5) is 8.49. The molecular formula is C13H15N5O2. The Bertz CT molecular complexity index is 701. The first kappa shape index (κ1) is 12.8. The first-order chi connectivity index (χ1) is 9.48. The predicted octanol–water partition coefficient (Wildman–Crippen LogP) is 1.04. The SMILES string of the molecule is CC1(C)OC[C@H](Cn2cnc3cc(C#N)c(N)nc32)O1. The van der Waals surface area contributed by atoms with Crippen LogP contribution in [-0.2, 0) is 16.0 Å².